The number of carbonyl (C=O) groups is 1. The van der Waals surface area contributed by atoms with Crippen molar-refractivity contribution in [1.82, 2.24) is 10.2 Å². The monoisotopic (exact) mass is 296 g/mol. The molecule has 0 heterocycles. The topological polar surface area (TPSA) is 52.6 Å². The first-order valence-corrected chi connectivity index (χ1v) is 7.28. The number of urea groups is 1. The molecular formula is C16H25FN2O2. The van der Waals surface area contributed by atoms with Crippen LogP contribution in [0.4, 0.5) is 9.18 Å². The molecular weight excluding hydrogens is 271 g/mol. The number of benzene rings is 1. The van der Waals surface area contributed by atoms with Crippen LogP contribution in [0.2, 0.25) is 0 Å². The number of rotatable bonds is 6. The molecule has 118 valence electrons. The largest absolute Gasteiger partial charge is 0.387 e. The fourth-order valence-electron chi connectivity index (χ4n) is 2.02. The normalized spacial score (nSPS) is 12.6. The molecule has 0 aliphatic rings. The predicted molar refractivity (Wildman–Crippen MR) is 81.4 cm³/mol. The average molecular weight is 296 g/mol. The van der Waals surface area contributed by atoms with E-state index < -0.39 is 6.10 Å². The summed E-state index contributed by atoms with van der Waals surface area (Å²) in [7, 11) is 0. The van der Waals surface area contributed by atoms with Crippen molar-refractivity contribution in [3.63, 3.8) is 0 Å². The minimum atomic E-state index is -0.831. The lowest BCUT2D eigenvalue weighted by Crippen LogP contribution is -2.46. The van der Waals surface area contributed by atoms with Gasteiger partial charge in [-0.3, -0.25) is 0 Å². The van der Waals surface area contributed by atoms with Crippen LogP contribution in [0.15, 0.2) is 24.3 Å². The summed E-state index contributed by atoms with van der Waals surface area (Å²) >= 11 is 0. The second-order valence-electron chi connectivity index (χ2n) is 5.97. The van der Waals surface area contributed by atoms with E-state index in [1.54, 1.807) is 4.90 Å². The zero-order valence-electron chi connectivity index (χ0n) is 13.1. The van der Waals surface area contributed by atoms with Gasteiger partial charge in [-0.25, -0.2) is 9.18 Å². The zero-order chi connectivity index (χ0) is 16.0. The smallest absolute Gasteiger partial charge is 0.317 e. The van der Waals surface area contributed by atoms with Gasteiger partial charge in [0, 0.05) is 12.6 Å². The molecule has 0 saturated heterocycles. The van der Waals surface area contributed by atoms with E-state index in [2.05, 4.69) is 5.32 Å². The van der Waals surface area contributed by atoms with Crippen LogP contribution in [0.5, 0.6) is 0 Å². The second-order valence-corrected chi connectivity index (χ2v) is 5.97. The molecule has 0 spiro atoms. The van der Waals surface area contributed by atoms with E-state index in [-0.39, 0.29) is 24.4 Å². The Bertz CT molecular complexity index is 446. The van der Waals surface area contributed by atoms with Gasteiger partial charge in [-0.2, -0.15) is 0 Å². The summed E-state index contributed by atoms with van der Waals surface area (Å²) in [6, 6.07) is 5.52. The maximum atomic E-state index is 12.9. The number of aliphatic hydroxyl groups is 1. The summed E-state index contributed by atoms with van der Waals surface area (Å²) in [5, 5.41) is 13.1. The minimum absolute atomic E-state index is 0.0372. The Balaban J connectivity index is 2.75. The summed E-state index contributed by atoms with van der Waals surface area (Å²) in [5.74, 6) is -0.0501. The van der Waals surface area contributed by atoms with E-state index in [0.717, 1.165) is 0 Å². The summed E-state index contributed by atoms with van der Waals surface area (Å²) in [6.45, 7) is 8.54. The van der Waals surface area contributed by atoms with Crippen LogP contribution in [0, 0.1) is 11.7 Å². The van der Waals surface area contributed by atoms with Gasteiger partial charge in [0.2, 0.25) is 0 Å². The van der Waals surface area contributed by atoms with E-state index in [4.69, 9.17) is 0 Å². The van der Waals surface area contributed by atoms with Gasteiger partial charge in [-0.05, 0) is 37.5 Å². The van der Waals surface area contributed by atoms with E-state index in [1.807, 2.05) is 27.7 Å². The van der Waals surface area contributed by atoms with Crippen LogP contribution in [0.1, 0.15) is 39.4 Å². The number of hydrogen-bond donors (Lipinski definition) is 2. The number of carbonyl (C=O) groups excluding carboxylic acids is 1. The van der Waals surface area contributed by atoms with Crippen LogP contribution in [0.25, 0.3) is 0 Å². The number of nitrogens with one attached hydrogen (secondary N) is 1. The van der Waals surface area contributed by atoms with Crippen LogP contribution >= 0.6 is 0 Å². The van der Waals surface area contributed by atoms with E-state index in [0.29, 0.717) is 18.0 Å². The summed E-state index contributed by atoms with van der Waals surface area (Å²) < 4.78 is 12.9. The Labute approximate surface area is 126 Å². The van der Waals surface area contributed by atoms with Crippen molar-refractivity contribution in [2.75, 3.05) is 13.1 Å². The standard InChI is InChI=1S/C16H25FN2O2/c1-11(2)9-19(16(21)18-12(3)4)10-15(20)13-5-7-14(17)8-6-13/h5-8,11-12,15,20H,9-10H2,1-4H3,(H,18,21). The first-order chi connectivity index (χ1) is 9.79. The van der Waals surface area contributed by atoms with Crippen molar-refractivity contribution in [3.05, 3.63) is 35.6 Å². The van der Waals surface area contributed by atoms with Gasteiger partial charge in [0.1, 0.15) is 5.82 Å². The molecule has 1 aromatic carbocycles. The lowest BCUT2D eigenvalue weighted by molar-refractivity contribution is 0.115. The highest BCUT2D eigenvalue weighted by molar-refractivity contribution is 5.74. The molecule has 0 fully saturated rings. The Morgan fingerprint density at radius 2 is 1.76 bits per heavy atom. The molecule has 0 aromatic heterocycles. The van der Waals surface area contributed by atoms with Crippen molar-refractivity contribution >= 4 is 6.03 Å². The molecule has 0 aliphatic carbocycles. The lowest BCUT2D eigenvalue weighted by atomic mass is 10.1. The fourth-order valence-corrected chi connectivity index (χ4v) is 2.02. The van der Waals surface area contributed by atoms with E-state index in [9.17, 15) is 14.3 Å². The van der Waals surface area contributed by atoms with E-state index in [1.165, 1.54) is 24.3 Å². The van der Waals surface area contributed by atoms with Crippen molar-refractivity contribution in [1.29, 1.82) is 0 Å². The Morgan fingerprint density at radius 3 is 2.24 bits per heavy atom. The SMILES string of the molecule is CC(C)CN(CC(O)c1ccc(F)cc1)C(=O)NC(C)C. The van der Waals surface area contributed by atoms with Gasteiger partial charge in [-0.1, -0.05) is 26.0 Å². The Kier molecular flexibility index (Phi) is 6.62. The number of nitrogens with zero attached hydrogens (tertiary/aromatic N) is 1. The number of aliphatic hydroxyl groups excluding tert-OH is 1. The van der Waals surface area contributed by atoms with Crippen molar-refractivity contribution < 1.29 is 14.3 Å². The summed E-state index contributed by atoms with van der Waals surface area (Å²) in [5.41, 5.74) is 0.600. The summed E-state index contributed by atoms with van der Waals surface area (Å²) in [4.78, 5) is 13.7. The van der Waals surface area contributed by atoms with Crippen molar-refractivity contribution in [2.24, 2.45) is 5.92 Å². The predicted octanol–water partition coefficient (Wildman–Crippen LogP) is 2.94. The van der Waals surface area contributed by atoms with Gasteiger partial charge in [0.25, 0.3) is 0 Å². The molecule has 1 rings (SSSR count). The summed E-state index contributed by atoms with van der Waals surface area (Å²) in [6.07, 6.45) is -0.831. The highest BCUT2D eigenvalue weighted by Gasteiger charge is 2.20. The first kappa shape index (κ1) is 17.4. The highest BCUT2D eigenvalue weighted by atomic mass is 19.1. The van der Waals surface area contributed by atoms with Crippen LogP contribution < -0.4 is 5.32 Å². The van der Waals surface area contributed by atoms with Crippen molar-refractivity contribution in [2.45, 2.75) is 39.8 Å². The Hall–Kier alpha value is -1.62. The maximum Gasteiger partial charge on any atom is 0.317 e. The highest BCUT2D eigenvalue weighted by Crippen LogP contribution is 2.16. The average Bonchev–Trinajstić information content (AvgIpc) is 2.37. The molecule has 1 unspecified atom stereocenters. The van der Waals surface area contributed by atoms with Gasteiger partial charge in [0.15, 0.2) is 0 Å². The first-order valence-electron chi connectivity index (χ1n) is 7.28. The Morgan fingerprint density at radius 1 is 1.19 bits per heavy atom. The lowest BCUT2D eigenvalue weighted by Gasteiger charge is -2.28. The fraction of sp³-hybridized carbons (Fsp3) is 0.562. The third-order valence-electron chi connectivity index (χ3n) is 2.93. The molecule has 1 atom stereocenters. The second kappa shape index (κ2) is 7.98. The maximum absolute atomic E-state index is 12.9. The number of hydrogen-bond acceptors (Lipinski definition) is 2. The molecule has 1 aromatic rings. The molecule has 0 bridgehead atoms. The van der Waals surface area contributed by atoms with Gasteiger partial charge in [-0.15, -0.1) is 0 Å². The molecule has 0 aliphatic heterocycles. The molecule has 2 N–H and O–H groups in total. The van der Waals surface area contributed by atoms with Gasteiger partial charge < -0.3 is 15.3 Å². The molecule has 0 radical (unpaired) electrons. The van der Waals surface area contributed by atoms with Crippen molar-refractivity contribution in [3.8, 4) is 0 Å². The van der Waals surface area contributed by atoms with Crippen LogP contribution in [-0.2, 0) is 0 Å². The number of halogens is 1. The number of amides is 2. The third-order valence-corrected chi connectivity index (χ3v) is 2.93. The zero-order valence-corrected chi connectivity index (χ0v) is 13.1. The molecule has 4 nitrogen and oxygen atoms in total. The third kappa shape index (κ3) is 6.12. The van der Waals surface area contributed by atoms with E-state index >= 15 is 0 Å². The van der Waals surface area contributed by atoms with Crippen LogP contribution in [0.3, 0.4) is 0 Å². The quantitative estimate of drug-likeness (QED) is 0.848. The molecule has 2 amide bonds. The minimum Gasteiger partial charge on any atom is -0.387 e. The van der Waals surface area contributed by atoms with Gasteiger partial charge in [0.05, 0.1) is 12.6 Å². The van der Waals surface area contributed by atoms with Crippen LogP contribution in [-0.4, -0.2) is 35.2 Å². The molecule has 0 saturated carbocycles. The molecule has 21 heavy (non-hydrogen) atoms. The molecule has 5 heteroatoms. The van der Waals surface area contributed by atoms with Gasteiger partial charge >= 0.3 is 6.03 Å².